The van der Waals surface area contributed by atoms with Crippen LogP contribution in [0.2, 0.25) is 0 Å². The van der Waals surface area contributed by atoms with E-state index in [-0.39, 0.29) is 22.5 Å². The number of nitro groups is 1. The van der Waals surface area contributed by atoms with E-state index in [2.05, 4.69) is 4.98 Å². The fraction of sp³-hybridized carbons (Fsp3) is 0.357. The fourth-order valence-electron chi connectivity index (χ4n) is 2.02. The van der Waals surface area contributed by atoms with E-state index in [1.807, 2.05) is 19.9 Å². The van der Waals surface area contributed by atoms with E-state index in [4.69, 9.17) is 5.11 Å². The lowest BCUT2D eigenvalue weighted by atomic mass is 10.1. The number of hydrogen-bond donors (Lipinski definition) is 1. The molecular formula is C14H16N2O3S. The van der Waals surface area contributed by atoms with Gasteiger partial charge in [-0.3, -0.25) is 15.1 Å². The van der Waals surface area contributed by atoms with Gasteiger partial charge in [-0.2, -0.15) is 0 Å². The van der Waals surface area contributed by atoms with Crippen molar-refractivity contribution < 1.29 is 10.0 Å². The number of aryl methyl sites for hydroxylation is 1. The monoisotopic (exact) mass is 292 g/mol. The molecule has 1 N–H and O–H groups in total. The van der Waals surface area contributed by atoms with Crippen LogP contribution >= 0.6 is 11.8 Å². The maximum atomic E-state index is 11.1. The molecule has 0 fully saturated rings. The van der Waals surface area contributed by atoms with Gasteiger partial charge in [0.2, 0.25) is 0 Å². The molecule has 1 unspecified atom stereocenters. The van der Waals surface area contributed by atoms with Gasteiger partial charge in [-0.1, -0.05) is 6.92 Å². The van der Waals surface area contributed by atoms with Crippen LogP contribution in [0, 0.1) is 17.0 Å². The Morgan fingerprint density at radius 3 is 2.85 bits per heavy atom. The molecule has 0 saturated heterocycles. The van der Waals surface area contributed by atoms with Gasteiger partial charge in [0, 0.05) is 40.1 Å². The quantitative estimate of drug-likeness (QED) is 0.520. The summed E-state index contributed by atoms with van der Waals surface area (Å²) in [5.74, 6) is 0. The van der Waals surface area contributed by atoms with Crippen LogP contribution in [0.3, 0.4) is 0 Å². The number of non-ortho nitro benzene ring substituents is 1. The third kappa shape index (κ3) is 3.08. The molecule has 0 radical (unpaired) electrons. The maximum absolute atomic E-state index is 11.1. The smallest absolute Gasteiger partial charge is 0.278 e. The Bertz CT molecular complexity index is 646. The van der Waals surface area contributed by atoms with Crippen LogP contribution in [0.5, 0.6) is 0 Å². The number of nitro benzene ring substituents is 1. The molecule has 1 aromatic carbocycles. The second-order valence-corrected chi connectivity index (χ2v) is 6.13. The van der Waals surface area contributed by atoms with E-state index in [1.165, 1.54) is 6.07 Å². The molecule has 2 rings (SSSR count). The molecule has 1 aromatic heterocycles. The van der Waals surface area contributed by atoms with Gasteiger partial charge in [-0.15, -0.1) is 11.8 Å². The topological polar surface area (TPSA) is 76.3 Å². The third-order valence-corrected chi connectivity index (χ3v) is 4.28. The van der Waals surface area contributed by atoms with Crippen LogP contribution in [0.25, 0.3) is 10.8 Å². The van der Waals surface area contributed by atoms with Crippen molar-refractivity contribution in [2.75, 3.05) is 6.61 Å². The highest BCUT2D eigenvalue weighted by molar-refractivity contribution is 8.00. The van der Waals surface area contributed by atoms with Crippen LogP contribution in [0.15, 0.2) is 29.3 Å². The molecular weight excluding hydrogens is 276 g/mol. The highest BCUT2D eigenvalue weighted by Gasteiger charge is 2.16. The normalized spacial score (nSPS) is 12.6. The van der Waals surface area contributed by atoms with Crippen LogP contribution in [0.1, 0.15) is 19.0 Å². The van der Waals surface area contributed by atoms with Crippen molar-refractivity contribution >= 4 is 28.2 Å². The number of pyridine rings is 1. The molecule has 0 aliphatic rings. The van der Waals surface area contributed by atoms with Crippen LogP contribution < -0.4 is 0 Å². The SMILES string of the molecule is Cc1cc2c(SC(C)CCO)ccc([N+](=O)[O-])c2cn1. The summed E-state index contributed by atoms with van der Waals surface area (Å²) in [4.78, 5) is 15.8. The molecule has 0 spiro atoms. The molecule has 0 amide bonds. The second-order valence-electron chi connectivity index (χ2n) is 4.65. The lowest BCUT2D eigenvalue weighted by Gasteiger charge is -2.12. The minimum Gasteiger partial charge on any atom is -0.396 e. The molecule has 106 valence electrons. The van der Waals surface area contributed by atoms with Crippen LogP contribution in [0.4, 0.5) is 5.69 Å². The Hall–Kier alpha value is -1.66. The van der Waals surface area contributed by atoms with Crippen molar-refractivity contribution in [1.82, 2.24) is 4.98 Å². The Morgan fingerprint density at radius 1 is 1.45 bits per heavy atom. The number of hydrogen-bond acceptors (Lipinski definition) is 5. The van der Waals surface area contributed by atoms with Crippen molar-refractivity contribution in [3.05, 3.63) is 40.2 Å². The Labute approximate surface area is 121 Å². The van der Waals surface area contributed by atoms with Gasteiger partial charge in [-0.05, 0) is 25.5 Å². The highest BCUT2D eigenvalue weighted by atomic mass is 32.2. The molecule has 6 heteroatoms. The zero-order chi connectivity index (χ0) is 14.7. The van der Waals surface area contributed by atoms with E-state index in [0.29, 0.717) is 11.8 Å². The van der Waals surface area contributed by atoms with Crippen LogP contribution in [-0.2, 0) is 0 Å². The maximum Gasteiger partial charge on any atom is 0.278 e. The van der Waals surface area contributed by atoms with Crippen LogP contribution in [-0.4, -0.2) is 26.9 Å². The van der Waals surface area contributed by atoms with E-state index >= 15 is 0 Å². The summed E-state index contributed by atoms with van der Waals surface area (Å²) >= 11 is 1.62. The molecule has 1 heterocycles. The van der Waals surface area contributed by atoms with Gasteiger partial charge in [0.1, 0.15) is 0 Å². The number of rotatable bonds is 5. The number of aromatic nitrogens is 1. The van der Waals surface area contributed by atoms with Gasteiger partial charge in [-0.25, -0.2) is 0 Å². The Balaban J connectivity index is 2.53. The summed E-state index contributed by atoms with van der Waals surface area (Å²) < 4.78 is 0. The lowest BCUT2D eigenvalue weighted by molar-refractivity contribution is -0.383. The first-order chi connectivity index (χ1) is 9.52. The summed E-state index contributed by atoms with van der Waals surface area (Å²) in [6, 6.07) is 5.17. The average Bonchev–Trinajstić information content (AvgIpc) is 2.39. The first kappa shape index (κ1) is 14.7. The number of fused-ring (bicyclic) bond motifs is 1. The van der Waals surface area contributed by atoms with Gasteiger partial charge >= 0.3 is 0 Å². The summed E-state index contributed by atoms with van der Waals surface area (Å²) in [5, 5.41) is 21.7. The zero-order valence-electron chi connectivity index (χ0n) is 11.4. The number of thioether (sulfide) groups is 1. The Morgan fingerprint density at radius 2 is 2.20 bits per heavy atom. The summed E-state index contributed by atoms with van der Waals surface area (Å²) in [5.41, 5.74) is 0.904. The largest absolute Gasteiger partial charge is 0.396 e. The zero-order valence-corrected chi connectivity index (χ0v) is 12.2. The minimum absolute atomic E-state index is 0.0756. The number of benzene rings is 1. The Kier molecular flexibility index (Phi) is 4.57. The van der Waals surface area contributed by atoms with Gasteiger partial charge < -0.3 is 5.11 Å². The summed E-state index contributed by atoms with van der Waals surface area (Å²) in [6.45, 7) is 4.03. The van der Waals surface area contributed by atoms with Crippen molar-refractivity contribution in [3.63, 3.8) is 0 Å². The first-order valence-electron chi connectivity index (χ1n) is 6.34. The molecule has 5 nitrogen and oxygen atoms in total. The molecule has 0 bridgehead atoms. The standard InChI is InChI=1S/C14H16N2O3S/c1-9-7-11-12(8-15-9)13(16(18)19)3-4-14(11)20-10(2)5-6-17/h3-4,7-8,10,17H,5-6H2,1-2H3. The van der Waals surface area contributed by atoms with Crippen molar-refractivity contribution in [3.8, 4) is 0 Å². The van der Waals surface area contributed by atoms with Gasteiger partial charge in [0.25, 0.3) is 5.69 Å². The number of nitrogens with zero attached hydrogens (tertiary/aromatic N) is 2. The molecule has 2 aromatic rings. The minimum atomic E-state index is -0.384. The predicted molar refractivity (Wildman–Crippen MR) is 80.2 cm³/mol. The fourth-order valence-corrected chi connectivity index (χ4v) is 3.12. The van der Waals surface area contributed by atoms with E-state index in [9.17, 15) is 10.1 Å². The first-order valence-corrected chi connectivity index (χ1v) is 7.22. The van der Waals surface area contributed by atoms with Crippen molar-refractivity contribution in [2.45, 2.75) is 30.4 Å². The van der Waals surface area contributed by atoms with Gasteiger partial charge in [0.05, 0.1) is 10.3 Å². The molecule has 0 saturated carbocycles. The summed E-state index contributed by atoms with van der Waals surface area (Å²) in [7, 11) is 0. The molecule has 0 aliphatic heterocycles. The molecule has 20 heavy (non-hydrogen) atoms. The van der Waals surface area contributed by atoms with Crippen molar-refractivity contribution in [2.24, 2.45) is 0 Å². The molecule has 1 atom stereocenters. The lowest BCUT2D eigenvalue weighted by Crippen LogP contribution is -2.00. The average molecular weight is 292 g/mol. The number of aliphatic hydroxyl groups excluding tert-OH is 1. The van der Waals surface area contributed by atoms with E-state index in [1.54, 1.807) is 24.0 Å². The second kappa shape index (κ2) is 6.19. The van der Waals surface area contributed by atoms with Crippen molar-refractivity contribution in [1.29, 1.82) is 0 Å². The number of aliphatic hydroxyl groups is 1. The summed E-state index contributed by atoms with van der Waals surface area (Å²) in [6.07, 6.45) is 2.25. The van der Waals surface area contributed by atoms with E-state index in [0.717, 1.165) is 16.0 Å². The third-order valence-electron chi connectivity index (χ3n) is 3.04. The van der Waals surface area contributed by atoms with E-state index < -0.39 is 0 Å². The van der Waals surface area contributed by atoms with Gasteiger partial charge in [0.15, 0.2) is 0 Å². The highest BCUT2D eigenvalue weighted by Crippen LogP contribution is 2.36. The molecule has 0 aliphatic carbocycles. The predicted octanol–water partition coefficient (Wildman–Crippen LogP) is 3.31.